The first-order valence-electron chi connectivity index (χ1n) is 5.46. The van der Waals surface area contributed by atoms with Crippen molar-refractivity contribution >= 4 is 65.2 Å². The summed E-state index contributed by atoms with van der Waals surface area (Å²) in [6, 6.07) is 11.6. The van der Waals surface area contributed by atoms with Crippen LogP contribution < -0.4 is 0 Å². The molecule has 0 amide bonds. The smallest absolute Gasteiger partial charge is 0.112 e. The molecule has 0 spiro atoms. The summed E-state index contributed by atoms with van der Waals surface area (Å²) in [5.41, 5.74) is 0. The van der Waals surface area contributed by atoms with E-state index in [9.17, 15) is 16.8 Å². The predicted molar refractivity (Wildman–Crippen MR) is 96.0 cm³/mol. The first kappa shape index (κ1) is 17.1. The molecule has 0 radical (unpaired) electrons. The Morgan fingerprint density at radius 1 is 0.619 bits per heavy atom. The van der Waals surface area contributed by atoms with Gasteiger partial charge in [-0.05, 0) is 93.7 Å². The molecule has 2 rings (SSSR count). The quantitative estimate of drug-likeness (QED) is 0.550. The van der Waals surface area contributed by atoms with Gasteiger partial charge in [-0.25, -0.2) is 16.8 Å². The van der Waals surface area contributed by atoms with Crippen molar-refractivity contribution in [2.24, 2.45) is 0 Å². The Morgan fingerprint density at radius 2 is 0.905 bits per heavy atom. The van der Waals surface area contributed by atoms with Gasteiger partial charge in [-0.2, -0.15) is 0 Å². The van der Waals surface area contributed by atoms with Crippen LogP contribution in [0.25, 0.3) is 4.13 Å². The van der Waals surface area contributed by atoms with Crippen molar-refractivity contribution in [1.82, 2.24) is 0 Å². The molecule has 0 bridgehead atoms. The van der Waals surface area contributed by atoms with Gasteiger partial charge in [0.25, 0.3) is 0 Å². The second-order valence-corrected chi connectivity index (χ2v) is 9.86. The topological polar surface area (TPSA) is 82.4 Å². The standard InChI is InChI=1S/C12H8I2NO4S2/c13-9-1-5-11(6-2-9)20(16,17)15-21(18,19)12-7-3-10(14)4-8-12/h1-8H/q-1. The molecule has 0 unspecified atom stereocenters. The Morgan fingerprint density at radius 3 is 1.19 bits per heavy atom. The van der Waals surface area contributed by atoms with E-state index in [1.165, 1.54) is 24.3 Å². The summed E-state index contributed by atoms with van der Waals surface area (Å²) in [5, 5.41) is 0. The average molecular weight is 548 g/mol. The van der Waals surface area contributed by atoms with Gasteiger partial charge < -0.3 is 4.13 Å². The van der Waals surface area contributed by atoms with Gasteiger partial charge in [-0.15, -0.1) is 0 Å². The van der Waals surface area contributed by atoms with Crippen molar-refractivity contribution in [3.8, 4) is 0 Å². The first-order chi connectivity index (χ1) is 9.71. The van der Waals surface area contributed by atoms with Crippen molar-refractivity contribution < 1.29 is 16.8 Å². The maximum absolute atomic E-state index is 12.0. The lowest BCUT2D eigenvalue weighted by Crippen LogP contribution is -2.08. The molecule has 0 fully saturated rings. The highest BCUT2D eigenvalue weighted by Gasteiger charge is 2.13. The zero-order valence-electron chi connectivity index (χ0n) is 10.3. The molecular formula is C12H8I2NO4S2-. The van der Waals surface area contributed by atoms with Crippen LogP contribution in [0, 0.1) is 7.14 Å². The van der Waals surface area contributed by atoms with Crippen LogP contribution in [0.15, 0.2) is 58.3 Å². The van der Waals surface area contributed by atoms with Crippen molar-refractivity contribution in [3.63, 3.8) is 0 Å². The number of sulfonamides is 2. The minimum atomic E-state index is -4.26. The Labute approximate surface area is 150 Å². The molecule has 112 valence electrons. The SMILES string of the molecule is O=S(=O)([N-]S(=O)(=O)c1ccc(I)cc1)c1ccc(I)cc1. The van der Waals surface area contributed by atoms with Crippen LogP contribution >= 0.6 is 45.2 Å². The maximum Gasteiger partial charge on any atom is 0.112 e. The van der Waals surface area contributed by atoms with Gasteiger partial charge in [0.05, 0.1) is 0 Å². The van der Waals surface area contributed by atoms with Crippen LogP contribution in [-0.2, 0) is 20.0 Å². The second-order valence-electron chi connectivity index (χ2n) is 3.93. The molecule has 0 aromatic heterocycles. The lowest BCUT2D eigenvalue weighted by atomic mass is 10.4. The van der Waals surface area contributed by atoms with Crippen LogP contribution in [0.3, 0.4) is 0 Å². The number of benzene rings is 2. The molecule has 2 aromatic carbocycles. The second kappa shape index (κ2) is 6.48. The van der Waals surface area contributed by atoms with E-state index >= 15 is 0 Å². The third-order valence-electron chi connectivity index (χ3n) is 2.42. The number of rotatable bonds is 4. The summed E-state index contributed by atoms with van der Waals surface area (Å²) >= 11 is 4.04. The normalized spacial score (nSPS) is 12.3. The third-order valence-corrected chi connectivity index (χ3v) is 7.16. The van der Waals surface area contributed by atoms with E-state index < -0.39 is 20.0 Å². The van der Waals surface area contributed by atoms with Crippen LogP contribution in [0.2, 0.25) is 0 Å². The van der Waals surface area contributed by atoms with E-state index in [1.807, 2.05) is 45.2 Å². The van der Waals surface area contributed by atoms with E-state index in [2.05, 4.69) is 4.13 Å². The first-order valence-corrected chi connectivity index (χ1v) is 10.5. The minimum Gasteiger partial charge on any atom is -0.428 e. The fourth-order valence-corrected chi connectivity index (χ4v) is 4.83. The molecule has 0 heterocycles. The van der Waals surface area contributed by atoms with Crippen molar-refractivity contribution in [3.05, 3.63) is 59.8 Å². The monoisotopic (exact) mass is 548 g/mol. The molecular weight excluding hydrogens is 540 g/mol. The van der Waals surface area contributed by atoms with Crippen LogP contribution in [0.1, 0.15) is 0 Å². The lowest BCUT2D eigenvalue weighted by molar-refractivity contribution is 0.595. The van der Waals surface area contributed by atoms with Crippen molar-refractivity contribution in [1.29, 1.82) is 0 Å². The maximum atomic E-state index is 12.0. The molecule has 5 nitrogen and oxygen atoms in total. The van der Waals surface area contributed by atoms with E-state index in [-0.39, 0.29) is 9.79 Å². The van der Waals surface area contributed by atoms with Gasteiger partial charge in [0, 0.05) is 16.9 Å². The van der Waals surface area contributed by atoms with Crippen LogP contribution in [0.4, 0.5) is 0 Å². The fourth-order valence-electron chi connectivity index (χ4n) is 1.43. The minimum absolute atomic E-state index is 0.156. The van der Waals surface area contributed by atoms with Crippen LogP contribution in [0.5, 0.6) is 0 Å². The van der Waals surface area contributed by atoms with E-state index in [1.54, 1.807) is 24.3 Å². The van der Waals surface area contributed by atoms with E-state index in [0.717, 1.165) is 7.14 Å². The third kappa shape index (κ3) is 4.37. The molecule has 0 saturated carbocycles. The molecule has 2 aromatic rings. The van der Waals surface area contributed by atoms with Gasteiger partial charge >= 0.3 is 0 Å². The summed E-state index contributed by atoms with van der Waals surface area (Å²) in [5.74, 6) is 0. The summed E-state index contributed by atoms with van der Waals surface area (Å²) in [6.45, 7) is 0. The molecule has 0 saturated heterocycles. The summed E-state index contributed by atoms with van der Waals surface area (Å²) < 4.78 is 53.0. The molecule has 0 aliphatic carbocycles. The number of nitrogens with zero attached hydrogens (tertiary/aromatic N) is 1. The zero-order chi connectivity index (χ0) is 15.7. The van der Waals surface area contributed by atoms with Crippen molar-refractivity contribution in [2.75, 3.05) is 0 Å². The molecule has 21 heavy (non-hydrogen) atoms. The molecule has 0 N–H and O–H groups in total. The van der Waals surface area contributed by atoms with Gasteiger partial charge in [-0.1, -0.05) is 0 Å². The van der Waals surface area contributed by atoms with Crippen molar-refractivity contribution in [2.45, 2.75) is 9.79 Å². The summed E-state index contributed by atoms with van der Waals surface area (Å²) in [7, 11) is -8.52. The fraction of sp³-hybridized carbons (Fsp3) is 0. The molecule has 0 aliphatic heterocycles. The molecule has 0 atom stereocenters. The highest BCUT2D eigenvalue weighted by atomic mass is 127. The number of hydrogen-bond donors (Lipinski definition) is 0. The summed E-state index contributed by atoms with van der Waals surface area (Å²) in [4.78, 5) is -0.311. The average Bonchev–Trinajstić information content (AvgIpc) is 2.38. The Balaban J connectivity index is 2.35. The Hall–Kier alpha value is -0.240. The highest BCUT2D eigenvalue weighted by molar-refractivity contribution is 14.1. The Bertz CT molecular complexity index is 772. The zero-order valence-corrected chi connectivity index (χ0v) is 16.2. The molecule has 9 heteroatoms. The van der Waals surface area contributed by atoms with Gasteiger partial charge in [-0.3, -0.25) is 0 Å². The largest absolute Gasteiger partial charge is 0.428 e. The Kier molecular flexibility index (Phi) is 5.28. The molecule has 0 aliphatic rings. The van der Waals surface area contributed by atoms with E-state index in [0.29, 0.717) is 0 Å². The van der Waals surface area contributed by atoms with Gasteiger partial charge in [0.15, 0.2) is 0 Å². The number of hydrogen-bond acceptors (Lipinski definition) is 4. The highest BCUT2D eigenvalue weighted by Crippen LogP contribution is 2.26. The number of halogens is 2. The predicted octanol–water partition coefficient (Wildman–Crippen LogP) is 3.35. The van der Waals surface area contributed by atoms with Crippen LogP contribution in [-0.4, -0.2) is 16.8 Å². The lowest BCUT2D eigenvalue weighted by Gasteiger charge is -2.20. The summed E-state index contributed by atoms with van der Waals surface area (Å²) in [6.07, 6.45) is 0. The van der Waals surface area contributed by atoms with E-state index in [4.69, 9.17) is 0 Å². The van der Waals surface area contributed by atoms with Gasteiger partial charge in [0.1, 0.15) is 20.0 Å². The van der Waals surface area contributed by atoms with Gasteiger partial charge in [0.2, 0.25) is 0 Å².